The Hall–Kier alpha value is -0.0800. The summed E-state index contributed by atoms with van der Waals surface area (Å²) in [4.78, 5) is 2.80. The molecular formula is C14H28N2. The Kier molecular flexibility index (Phi) is 5.11. The lowest BCUT2D eigenvalue weighted by Gasteiger charge is -2.38. The van der Waals surface area contributed by atoms with Crippen molar-refractivity contribution < 1.29 is 0 Å². The van der Waals surface area contributed by atoms with Crippen molar-refractivity contribution in [3.05, 3.63) is 0 Å². The molecule has 1 atom stereocenters. The van der Waals surface area contributed by atoms with Crippen molar-refractivity contribution in [2.45, 2.75) is 57.4 Å². The Morgan fingerprint density at radius 1 is 1.00 bits per heavy atom. The molecule has 1 aliphatic carbocycles. The van der Waals surface area contributed by atoms with Gasteiger partial charge in [0.2, 0.25) is 0 Å². The average molecular weight is 224 g/mol. The van der Waals surface area contributed by atoms with E-state index < -0.39 is 0 Å². The van der Waals surface area contributed by atoms with Gasteiger partial charge in [-0.25, -0.2) is 0 Å². The van der Waals surface area contributed by atoms with Gasteiger partial charge in [0, 0.05) is 12.6 Å². The maximum atomic E-state index is 3.35. The summed E-state index contributed by atoms with van der Waals surface area (Å²) >= 11 is 0. The lowest BCUT2D eigenvalue weighted by Crippen LogP contribution is -2.44. The molecule has 2 fully saturated rings. The monoisotopic (exact) mass is 224 g/mol. The van der Waals surface area contributed by atoms with Gasteiger partial charge in [-0.2, -0.15) is 0 Å². The van der Waals surface area contributed by atoms with Crippen LogP contribution < -0.4 is 5.32 Å². The summed E-state index contributed by atoms with van der Waals surface area (Å²) in [5.74, 6) is 0.905. The number of rotatable bonds is 3. The van der Waals surface area contributed by atoms with Crippen molar-refractivity contribution in [1.29, 1.82) is 0 Å². The number of piperidine rings is 1. The Morgan fingerprint density at radius 3 is 2.44 bits per heavy atom. The molecule has 2 aliphatic rings. The van der Waals surface area contributed by atoms with Gasteiger partial charge >= 0.3 is 0 Å². The van der Waals surface area contributed by atoms with E-state index in [9.17, 15) is 0 Å². The van der Waals surface area contributed by atoms with Gasteiger partial charge in [-0.3, -0.25) is 0 Å². The summed E-state index contributed by atoms with van der Waals surface area (Å²) in [7, 11) is 2.09. The summed E-state index contributed by atoms with van der Waals surface area (Å²) in [5.41, 5.74) is 0. The lowest BCUT2D eigenvalue weighted by atomic mass is 9.95. The second kappa shape index (κ2) is 6.61. The molecular weight excluding hydrogens is 196 g/mol. The van der Waals surface area contributed by atoms with Crippen LogP contribution in [0.15, 0.2) is 0 Å². The SMILES string of the molecule is CNCC1CCCN(C2CCCCCC2)C1. The van der Waals surface area contributed by atoms with Crippen LogP contribution in [0.3, 0.4) is 0 Å². The molecule has 0 aromatic heterocycles. The van der Waals surface area contributed by atoms with Crippen molar-refractivity contribution in [3.8, 4) is 0 Å². The van der Waals surface area contributed by atoms with Crippen LogP contribution in [0.2, 0.25) is 0 Å². The molecule has 0 aromatic carbocycles. The number of likely N-dealkylation sites (tertiary alicyclic amines) is 1. The fraction of sp³-hybridized carbons (Fsp3) is 1.00. The Balaban J connectivity index is 1.82. The Labute approximate surface area is 101 Å². The van der Waals surface area contributed by atoms with E-state index in [1.54, 1.807) is 0 Å². The first-order valence-corrected chi connectivity index (χ1v) is 7.29. The molecule has 94 valence electrons. The summed E-state index contributed by atoms with van der Waals surface area (Å²) in [5, 5.41) is 3.35. The molecule has 2 nitrogen and oxygen atoms in total. The van der Waals surface area contributed by atoms with Gasteiger partial charge in [0.15, 0.2) is 0 Å². The first-order chi connectivity index (χ1) is 7.90. The average Bonchev–Trinajstić information content (AvgIpc) is 2.58. The minimum Gasteiger partial charge on any atom is -0.319 e. The van der Waals surface area contributed by atoms with Gasteiger partial charge < -0.3 is 10.2 Å². The number of nitrogens with zero attached hydrogens (tertiary/aromatic N) is 1. The second-order valence-electron chi connectivity index (χ2n) is 5.71. The van der Waals surface area contributed by atoms with Crippen molar-refractivity contribution in [1.82, 2.24) is 10.2 Å². The normalized spacial score (nSPS) is 30.2. The highest BCUT2D eigenvalue weighted by atomic mass is 15.2. The molecule has 0 radical (unpaired) electrons. The minimum atomic E-state index is 0.905. The second-order valence-corrected chi connectivity index (χ2v) is 5.71. The molecule has 1 saturated carbocycles. The largest absolute Gasteiger partial charge is 0.319 e. The van der Waals surface area contributed by atoms with Crippen LogP contribution in [0, 0.1) is 5.92 Å². The van der Waals surface area contributed by atoms with Crippen LogP contribution in [0.5, 0.6) is 0 Å². The van der Waals surface area contributed by atoms with E-state index in [4.69, 9.17) is 0 Å². The van der Waals surface area contributed by atoms with Crippen molar-refractivity contribution in [2.75, 3.05) is 26.7 Å². The molecule has 2 heteroatoms. The molecule has 1 N–H and O–H groups in total. The van der Waals surface area contributed by atoms with Gasteiger partial charge in [-0.05, 0) is 51.7 Å². The molecule has 1 saturated heterocycles. The molecule has 1 heterocycles. The van der Waals surface area contributed by atoms with Crippen LogP contribution in [0.1, 0.15) is 51.4 Å². The van der Waals surface area contributed by atoms with Crippen molar-refractivity contribution in [2.24, 2.45) is 5.92 Å². The molecule has 0 bridgehead atoms. The van der Waals surface area contributed by atoms with Crippen LogP contribution in [-0.4, -0.2) is 37.6 Å². The third-order valence-corrected chi connectivity index (χ3v) is 4.38. The first-order valence-electron chi connectivity index (χ1n) is 7.29. The zero-order chi connectivity index (χ0) is 11.2. The van der Waals surface area contributed by atoms with Crippen molar-refractivity contribution >= 4 is 0 Å². The molecule has 16 heavy (non-hydrogen) atoms. The zero-order valence-electron chi connectivity index (χ0n) is 10.9. The molecule has 0 amide bonds. The van der Waals surface area contributed by atoms with E-state index in [1.165, 1.54) is 71.0 Å². The molecule has 2 rings (SSSR count). The quantitative estimate of drug-likeness (QED) is 0.741. The third kappa shape index (κ3) is 3.46. The Morgan fingerprint density at radius 2 is 1.75 bits per heavy atom. The van der Waals surface area contributed by atoms with Crippen LogP contribution in [0.4, 0.5) is 0 Å². The smallest absolute Gasteiger partial charge is 0.00953 e. The van der Waals surface area contributed by atoms with Crippen LogP contribution in [-0.2, 0) is 0 Å². The first kappa shape index (κ1) is 12.4. The molecule has 1 aliphatic heterocycles. The molecule has 0 aromatic rings. The van der Waals surface area contributed by atoms with E-state index in [2.05, 4.69) is 17.3 Å². The highest BCUT2D eigenvalue weighted by Crippen LogP contribution is 2.26. The van der Waals surface area contributed by atoms with Gasteiger partial charge in [0.25, 0.3) is 0 Å². The highest BCUT2D eigenvalue weighted by molar-refractivity contribution is 4.81. The van der Waals surface area contributed by atoms with E-state index in [0.29, 0.717) is 0 Å². The topological polar surface area (TPSA) is 15.3 Å². The van der Waals surface area contributed by atoms with Gasteiger partial charge in [-0.15, -0.1) is 0 Å². The van der Waals surface area contributed by atoms with E-state index in [1.807, 2.05) is 0 Å². The summed E-state index contributed by atoms with van der Waals surface area (Å²) in [6.07, 6.45) is 11.7. The maximum Gasteiger partial charge on any atom is 0.00953 e. The van der Waals surface area contributed by atoms with Crippen molar-refractivity contribution in [3.63, 3.8) is 0 Å². The molecule has 0 spiro atoms. The van der Waals surface area contributed by atoms with E-state index in [0.717, 1.165) is 12.0 Å². The number of hydrogen-bond donors (Lipinski definition) is 1. The van der Waals surface area contributed by atoms with Crippen LogP contribution in [0.25, 0.3) is 0 Å². The van der Waals surface area contributed by atoms with Gasteiger partial charge in [-0.1, -0.05) is 25.7 Å². The predicted octanol–water partition coefficient (Wildman–Crippen LogP) is 2.64. The predicted molar refractivity (Wildman–Crippen MR) is 69.7 cm³/mol. The summed E-state index contributed by atoms with van der Waals surface area (Å²) < 4.78 is 0. The highest BCUT2D eigenvalue weighted by Gasteiger charge is 2.25. The minimum absolute atomic E-state index is 0.905. The third-order valence-electron chi connectivity index (χ3n) is 4.38. The van der Waals surface area contributed by atoms with Crippen LogP contribution >= 0.6 is 0 Å². The summed E-state index contributed by atoms with van der Waals surface area (Å²) in [6.45, 7) is 3.93. The fourth-order valence-corrected chi connectivity index (χ4v) is 3.51. The lowest BCUT2D eigenvalue weighted by molar-refractivity contribution is 0.112. The van der Waals surface area contributed by atoms with Gasteiger partial charge in [0.05, 0.1) is 0 Å². The zero-order valence-corrected chi connectivity index (χ0v) is 10.9. The van der Waals surface area contributed by atoms with E-state index in [-0.39, 0.29) is 0 Å². The maximum absolute atomic E-state index is 3.35. The van der Waals surface area contributed by atoms with Gasteiger partial charge in [0.1, 0.15) is 0 Å². The summed E-state index contributed by atoms with van der Waals surface area (Å²) in [6, 6.07) is 0.919. The molecule has 1 unspecified atom stereocenters. The number of nitrogens with one attached hydrogen (secondary N) is 1. The Bertz CT molecular complexity index is 183. The number of hydrogen-bond acceptors (Lipinski definition) is 2. The fourth-order valence-electron chi connectivity index (χ4n) is 3.51. The standard InChI is InChI=1S/C14H28N2/c1-15-11-13-7-6-10-16(12-13)14-8-4-2-3-5-9-14/h13-15H,2-12H2,1H3. The van der Waals surface area contributed by atoms with E-state index >= 15 is 0 Å².